The maximum atomic E-state index is 13.1. The molecule has 0 saturated carbocycles. The van der Waals surface area contributed by atoms with Gasteiger partial charge in [0.2, 0.25) is 0 Å². The largest absolute Gasteiger partial charge is 0.240 e. The first kappa shape index (κ1) is 12.9. The number of hydrogen-bond acceptors (Lipinski definition) is 2. The summed E-state index contributed by atoms with van der Waals surface area (Å²) >= 11 is 0. The highest BCUT2D eigenvalue weighted by Crippen LogP contribution is 2.16. The highest BCUT2D eigenvalue weighted by molar-refractivity contribution is 7.94. The van der Waals surface area contributed by atoms with E-state index in [-0.39, 0.29) is 4.90 Å². The lowest BCUT2D eigenvalue weighted by Gasteiger charge is -2.06. The second-order valence-electron chi connectivity index (χ2n) is 4.23. The molecule has 0 aliphatic carbocycles. The van der Waals surface area contributed by atoms with Gasteiger partial charge in [-0.3, -0.25) is 0 Å². The van der Waals surface area contributed by atoms with Crippen molar-refractivity contribution in [3.8, 4) is 0 Å². The minimum atomic E-state index is -3.53. The first-order valence-electron chi connectivity index (χ1n) is 4.91. The van der Waals surface area contributed by atoms with Crippen LogP contribution < -0.4 is 0 Å². The van der Waals surface area contributed by atoms with Crippen molar-refractivity contribution in [1.82, 2.24) is 0 Å². The molecule has 4 heteroatoms. The molecule has 0 aromatic heterocycles. The van der Waals surface area contributed by atoms with Crippen LogP contribution in [0.3, 0.4) is 0 Å². The molecule has 0 fully saturated rings. The number of hydrogen-bond donors (Lipinski definition) is 0. The second-order valence-corrected chi connectivity index (χ2v) is 6.06. The summed E-state index contributed by atoms with van der Waals surface area (Å²) in [5, 5.41) is 0.914. The third-order valence-corrected chi connectivity index (χ3v) is 3.42. The first-order chi connectivity index (χ1) is 7.21. The lowest BCUT2D eigenvalue weighted by atomic mass is 10.2. The van der Waals surface area contributed by atoms with Crippen LogP contribution in [-0.4, -0.2) is 14.1 Å². The Morgan fingerprint density at radius 1 is 1.19 bits per heavy atom. The first-order valence-corrected chi connectivity index (χ1v) is 6.45. The molecule has 0 bridgehead atoms. The van der Waals surface area contributed by atoms with Gasteiger partial charge in [-0.1, -0.05) is 17.7 Å². The number of rotatable bonds is 3. The van der Waals surface area contributed by atoms with Crippen LogP contribution in [0.2, 0.25) is 0 Å². The summed E-state index contributed by atoms with van der Waals surface area (Å²) in [4.78, 5) is 0.179. The number of aryl methyl sites for hydroxylation is 1. The normalized spacial score (nSPS) is 13.2. The minimum absolute atomic E-state index is 0.179. The Hall–Kier alpha value is -1.16. The number of sulfone groups is 1. The topological polar surface area (TPSA) is 34.1 Å². The van der Waals surface area contributed by atoms with Gasteiger partial charge in [0.25, 0.3) is 0 Å². The molecule has 0 aliphatic heterocycles. The molecule has 1 aromatic rings. The van der Waals surface area contributed by atoms with E-state index in [9.17, 15) is 12.8 Å². The van der Waals surface area contributed by atoms with Crippen molar-refractivity contribution in [2.24, 2.45) is 0 Å². The lowest BCUT2D eigenvalue weighted by molar-refractivity contribution is 0.287. The molecule has 2 nitrogen and oxygen atoms in total. The van der Waals surface area contributed by atoms with E-state index in [2.05, 4.69) is 0 Å². The minimum Gasteiger partial charge on any atom is -0.240 e. The van der Waals surface area contributed by atoms with E-state index < -0.39 is 15.5 Å². The maximum Gasteiger partial charge on any atom is 0.199 e. The molecule has 0 amide bonds. The van der Waals surface area contributed by atoms with Crippen molar-refractivity contribution in [2.45, 2.75) is 31.3 Å². The standard InChI is InChI=1S/C12H15FO2S/c1-10-4-6-11(7-5-10)16(14,15)9-8-12(2,3)13/h4-9H,1-3H3. The predicted molar refractivity (Wildman–Crippen MR) is 62.7 cm³/mol. The van der Waals surface area contributed by atoms with E-state index in [0.29, 0.717) is 0 Å². The van der Waals surface area contributed by atoms with E-state index in [0.717, 1.165) is 17.0 Å². The fraction of sp³-hybridized carbons (Fsp3) is 0.333. The van der Waals surface area contributed by atoms with Crippen molar-refractivity contribution in [1.29, 1.82) is 0 Å². The Kier molecular flexibility index (Phi) is 3.53. The summed E-state index contributed by atoms with van der Waals surface area (Å²) in [6, 6.07) is 6.45. The molecule has 0 saturated heterocycles. The zero-order valence-corrected chi connectivity index (χ0v) is 10.4. The fourth-order valence-electron chi connectivity index (χ4n) is 1.06. The summed E-state index contributed by atoms with van der Waals surface area (Å²) in [6.07, 6.45) is 1.04. The quantitative estimate of drug-likeness (QED) is 0.816. The molecule has 0 unspecified atom stereocenters. The number of benzene rings is 1. The van der Waals surface area contributed by atoms with E-state index in [1.807, 2.05) is 6.92 Å². The molecule has 0 radical (unpaired) electrons. The van der Waals surface area contributed by atoms with Crippen LogP contribution in [0.4, 0.5) is 4.39 Å². The van der Waals surface area contributed by atoms with Crippen molar-refractivity contribution in [3.63, 3.8) is 0 Å². The van der Waals surface area contributed by atoms with Crippen LogP contribution >= 0.6 is 0 Å². The maximum absolute atomic E-state index is 13.1. The van der Waals surface area contributed by atoms with Gasteiger partial charge in [0, 0.05) is 5.41 Å². The van der Waals surface area contributed by atoms with E-state index in [1.165, 1.54) is 26.0 Å². The molecule has 1 rings (SSSR count). The Morgan fingerprint density at radius 2 is 1.69 bits per heavy atom. The van der Waals surface area contributed by atoms with Gasteiger partial charge in [-0.15, -0.1) is 0 Å². The number of alkyl halides is 1. The fourth-order valence-corrected chi connectivity index (χ4v) is 2.23. The van der Waals surface area contributed by atoms with Gasteiger partial charge in [-0.2, -0.15) is 0 Å². The van der Waals surface area contributed by atoms with E-state index in [4.69, 9.17) is 0 Å². The van der Waals surface area contributed by atoms with Crippen LogP contribution in [0.1, 0.15) is 19.4 Å². The molecular formula is C12H15FO2S. The van der Waals surface area contributed by atoms with Crippen LogP contribution in [-0.2, 0) is 9.84 Å². The zero-order valence-electron chi connectivity index (χ0n) is 9.57. The Bertz CT molecular complexity index is 479. The SMILES string of the molecule is Cc1ccc(S(=O)(=O)C=CC(C)(C)F)cc1. The second kappa shape index (κ2) is 4.37. The van der Waals surface area contributed by atoms with Gasteiger partial charge in [0.05, 0.1) is 4.90 Å². The van der Waals surface area contributed by atoms with Crippen LogP contribution in [0.25, 0.3) is 0 Å². The van der Waals surface area contributed by atoms with Gasteiger partial charge >= 0.3 is 0 Å². The Morgan fingerprint density at radius 3 is 2.12 bits per heavy atom. The summed E-state index contributed by atoms with van der Waals surface area (Å²) in [6.45, 7) is 4.47. The Balaban J connectivity index is 3.04. The highest BCUT2D eigenvalue weighted by Gasteiger charge is 2.15. The summed E-state index contributed by atoms with van der Waals surface area (Å²) < 4.78 is 36.6. The smallest absolute Gasteiger partial charge is 0.199 e. The molecule has 0 N–H and O–H groups in total. The van der Waals surface area contributed by atoms with Gasteiger partial charge in [-0.05, 0) is 39.0 Å². The van der Waals surface area contributed by atoms with Gasteiger partial charge in [0.15, 0.2) is 9.84 Å². The monoisotopic (exact) mass is 242 g/mol. The van der Waals surface area contributed by atoms with Crippen LogP contribution in [0.5, 0.6) is 0 Å². The van der Waals surface area contributed by atoms with Crippen LogP contribution in [0.15, 0.2) is 40.6 Å². The van der Waals surface area contributed by atoms with Gasteiger partial charge in [-0.25, -0.2) is 12.8 Å². The van der Waals surface area contributed by atoms with Crippen molar-refractivity contribution < 1.29 is 12.8 Å². The zero-order chi connectivity index (χ0) is 12.4. The Labute approximate surface area is 95.7 Å². The summed E-state index contributed by atoms with van der Waals surface area (Å²) in [5.41, 5.74) is -0.647. The summed E-state index contributed by atoms with van der Waals surface area (Å²) in [7, 11) is -3.53. The van der Waals surface area contributed by atoms with Gasteiger partial charge in [0.1, 0.15) is 5.67 Å². The van der Waals surface area contributed by atoms with Crippen molar-refractivity contribution in [3.05, 3.63) is 41.3 Å². The highest BCUT2D eigenvalue weighted by atomic mass is 32.2. The van der Waals surface area contributed by atoms with Crippen molar-refractivity contribution in [2.75, 3.05) is 0 Å². The average Bonchev–Trinajstić information content (AvgIpc) is 2.15. The molecule has 1 aromatic carbocycles. The van der Waals surface area contributed by atoms with Crippen LogP contribution in [0, 0.1) is 6.92 Å². The molecule has 0 spiro atoms. The molecular weight excluding hydrogens is 227 g/mol. The molecule has 0 atom stereocenters. The summed E-state index contributed by atoms with van der Waals surface area (Å²) in [5.74, 6) is 0. The third kappa shape index (κ3) is 3.77. The third-order valence-electron chi connectivity index (χ3n) is 1.99. The van der Waals surface area contributed by atoms with E-state index in [1.54, 1.807) is 12.1 Å². The average molecular weight is 242 g/mol. The molecule has 0 aliphatic rings. The van der Waals surface area contributed by atoms with Gasteiger partial charge < -0.3 is 0 Å². The molecule has 16 heavy (non-hydrogen) atoms. The predicted octanol–water partition coefficient (Wildman–Crippen LogP) is 3.03. The molecule has 0 heterocycles. The van der Waals surface area contributed by atoms with Crippen molar-refractivity contribution >= 4 is 9.84 Å². The lowest BCUT2D eigenvalue weighted by Crippen LogP contribution is -2.08. The number of halogens is 1. The molecule has 88 valence electrons. The number of allylic oxidation sites excluding steroid dienone is 1. The van der Waals surface area contributed by atoms with E-state index >= 15 is 0 Å².